The van der Waals surface area contributed by atoms with Crippen LogP contribution >= 0.6 is 11.6 Å². The molecule has 0 bridgehead atoms. The molecule has 224 valence electrons. The Balaban J connectivity index is 1.85. The molecular weight excluding hydrogens is 570 g/mol. The summed E-state index contributed by atoms with van der Waals surface area (Å²) in [7, 11) is -4.19. The second-order valence-electron chi connectivity index (χ2n) is 10.4. The summed E-state index contributed by atoms with van der Waals surface area (Å²) < 4.78 is 41.2. The summed E-state index contributed by atoms with van der Waals surface area (Å²) >= 11 is 6.13. The molecule has 0 saturated carbocycles. The Labute approximate surface area is 246 Å². The Hall–Kier alpha value is -3.35. The van der Waals surface area contributed by atoms with Gasteiger partial charge in [0.2, 0.25) is 5.75 Å². The second kappa shape index (κ2) is 14.0. The zero-order chi connectivity index (χ0) is 30.2. The molecule has 0 aliphatic carbocycles. The molecule has 1 aliphatic rings. The van der Waals surface area contributed by atoms with E-state index in [1.165, 1.54) is 21.3 Å². The molecule has 1 amide bonds. The molecule has 0 N–H and O–H groups in total. The molecule has 0 atom stereocenters. The number of hydrogen-bond donors (Lipinski definition) is 0. The van der Waals surface area contributed by atoms with Gasteiger partial charge >= 0.3 is 21.9 Å². The van der Waals surface area contributed by atoms with Crippen LogP contribution in [0.4, 0.5) is 10.5 Å². The number of ether oxygens (including phenoxy) is 2. The smallest absolute Gasteiger partial charge is 0.425 e. The Morgan fingerprint density at radius 1 is 1.15 bits per heavy atom. The van der Waals surface area contributed by atoms with Crippen molar-refractivity contribution in [3.05, 3.63) is 71.1 Å². The molecule has 11 nitrogen and oxygen atoms in total. The highest BCUT2D eigenvalue weighted by Crippen LogP contribution is 2.27. The molecule has 13 heteroatoms. The summed E-state index contributed by atoms with van der Waals surface area (Å²) in [6, 6.07) is 6.78. The van der Waals surface area contributed by atoms with Gasteiger partial charge in [-0.25, -0.2) is 4.79 Å². The summed E-state index contributed by atoms with van der Waals surface area (Å²) in [5.74, 6) is 0.122. The molecule has 2 aromatic rings. The van der Waals surface area contributed by atoms with Crippen LogP contribution in [0.15, 0.2) is 60.6 Å². The van der Waals surface area contributed by atoms with E-state index in [1.807, 2.05) is 11.0 Å². The number of amides is 1. The van der Waals surface area contributed by atoms with Crippen LogP contribution in [0.1, 0.15) is 40.0 Å². The number of hydrogen-bond acceptors (Lipinski definition) is 8. The topological polar surface area (TPSA) is 114 Å². The third kappa shape index (κ3) is 8.34. The van der Waals surface area contributed by atoms with Crippen LogP contribution < -0.4 is 15.2 Å². The Morgan fingerprint density at radius 2 is 1.85 bits per heavy atom. The van der Waals surface area contributed by atoms with Crippen molar-refractivity contribution >= 4 is 33.6 Å². The van der Waals surface area contributed by atoms with E-state index >= 15 is 0 Å². The quantitative estimate of drug-likeness (QED) is 0.257. The molecule has 3 rings (SSSR count). The van der Waals surface area contributed by atoms with E-state index in [9.17, 15) is 18.0 Å². The second-order valence-corrected chi connectivity index (χ2v) is 12.7. The maximum Gasteiger partial charge on any atom is 0.425 e. The summed E-state index contributed by atoms with van der Waals surface area (Å²) in [4.78, 5) is 28.1. The highest BCUT2D eigenvalue weighted by molar-refractivity contribution is 7.87. The highest BCUT2D eigenvalue weighted by Gasteiger charge is 2.37. The van der Waals surface area contributed by atoms with E-state index < -0.39 is 27.5 Å². The van der Waals surface area contributed by atoms with Crippen LogP contribution in [-0.2, 0) is 14.9 Å². The van der Waals surface area contributed by atoms with Crippen LogP contribution in [0, 0.1) is 0 Å². The van der Waals surface area contributed by atoms with Gasteiger partial charge in [0.1, 0.15) is 11.3 Å². The van der Waals surface area contributed by atoms with Crippen LogP contribution in [0.5, 0.6) is 5.75 Å². The minimum absolute atomic E-state index is 0.0644. The van der Waals surface area contributed by atoms with Gasteiger partial charge in [-0.05, 0) is 58.2 Å². The van der Waals surface area contributed by atoms with Gasteiger partial charge in [-0.3, -0.25) is 4.79 Å². The van der Waals surface area contributed by atoms with Crippen molar-refractivity contribution < 1.29 is 22.7 Å². The van der Waals surface area contributed by atoms with Gasteiger partial charge in [0, 0.05) is 31.2 Å². The number of rotatable bonds is 12. The number of anilines is 1. The van der Waals surface area contributed by atoms with Crippen LogP contribution in [0.3, 0.4) is 0 Å². The minimum Gasteiger partial charge on any atom is -0.486 e. The molecule has 1 aromatic heterocycles. The lowest BCUT2D eigenvalue weighted by Crippen LogP contribution is -2.55. The van der Waals surface area contributed by atoms with Gasteiger partial charge in [-0.15, -0.1) is 13.2 Å². The number of aromatic nitrogens is 2. The molecular formula is C28H38ClN5O6S. The molecule has 0 radical (unpaired) electrons. The molecule has 1 aromatic carbocycles. The first-order valence-electron chi connectivity index (χ1n) is 13.4. The van der Waals surface area contributed by atoms with E-state index in [4.69, 9.17) is 21.1 Å². The summed E-state index contributed by atoms with van der Waals surface area (Å²) in [5.41, 5.74) is -0.369. The standard InChI is InChI=1S/C28H38ClN5O6S/c1-6-8-9-10-19-39-25-24(21-30-34(26(25)35)23-13-11-12-22(29)20-23)31-15-17-32(18-16-31)41(37,38)33(14-7-2)27(36)40-28(3,4)5/h6-7,11-13,20-21H,1-2,8-10,14-19H2,3-5H3. The van der Waals surface area contributed by atoms with Gasteiger partial charge in [0.15, 0.2) is 0 Å². The van der Waals surface area contributed by atoms with Crippen LogP contribution in [0.2, 0.25) is 5.02 Å². The third-order valence-electron chi connectivity index (χ3n) is 6.09. The van der Waals surface area contributed by atoms with Gasteiger partial charge in [0.05, 0.1) is 25.0 Å². The number of piperazine rings is 1. The Morgan fingerprint density at radius 3 is 2.46 bits per heavy atom. The zero-order valence-electron chi connectivity index (χ0n) is 23.8. The Kier molecular flexibility index (Phi) is 11.0. The molecule has 1 saturated heterocycles. The number of nitrogens with zero attached hydrogens (tertiary/aromatic N) is 5. The number of carbonyl (C=O) groups is 1. The minimum atomic E-state index is -4.19. The van der Waals surface area contributed by atoms with Gasteiger partial charge in [0.25, 0.3) is 0 Å². The average Bonchev–Trinajstić information content (AvgIpc) is 2.91. The van der Waals surface area contributed by atoms with Crippen molar-refractivity contribution in [2.75, 3.05) is 44.2 Å². The van der Waals surface area contributed by atoms with Crippen LogP contribution in [-0.4, -0.2) is 77.8 Å². The predicted molar refractivity (Wildman–Crippen MR) is 160 cm³/mol. The van der Waals surface area contributed by atoms with Crippen molar-refractivity contribution in [2.45, 2.75) is 45.6 Å². The number of halogens is 1. The predicted octanol–water partition coefficient (Wildman–Crippen LogP) is 4.41. The first-order valence-corrected chi connectivity index (χ1v) is 15.1. The third-order valence-corrected chi connectivity index (χ3v) is 8.20. The largest absolute Gasteiger partial charge is 0.486 e. The van der Waals surface area contributed by atoms with E-state index in [1.54, 1.807) is 45.0 Å². The lowest BCUT2D eigenvalue weighted by Gasteiger charge is -2.37. The van der Waals surface area contributed by atoms with Gasteiger partial charge in [-0.1, -0.05) is 29.8 Å². The lowest BCUT2D eigenvalue weighted by molar-refractivity contribution is 0.0395. The van der Waals surface area contributed by atoms with E-state index in [-0.39, 0.29) is 38.5 Å². The fourth-order valence-electron chi connectivity index (χ4n) is 4.14. The number of unbranched alkanes of at least 4 members (excludes halogenated alkanes) is 2. The fourth-order valence-corrected chi connectivity index (χ4v) is 5.75. The monoisotopic (exact) mass is 607 g/mol. The molecule has 0 spiro atoms. The number of benzene rings is 1. The van der Waals surface area contributed by atoms with Crippen molar-refractivity contribution in [1.82, 2.24) is 18.4 Å². The average molecular weight is 608 g/mol. The van der Waals surface area contributed by atoms with Crippen molar-refractivity contribution in [3.63, 3.8) is 0 Å². The van der Waals surface area contributed by atoms with Crippen molar-refractivity contribution in [3.8, 4) is 11.4 Å². The molecule has 0 unspecified atom stereocenters. The summed E-state index contributed by atoms with van der Waals surface area (Å²) in [6.45, 7) is 13.0. The van der Waals surface area contributed by atoms with Crippen molar-refractivity contribution in [2.24, 2.45) is 0 Å². The molecule has 1 fully saturated rings. The summed E-state index contributed by atoms with van der Waals surface area (Å²) in [6.07, 6.45) is 6.15. The maximum atomic E-state index is 13.6. The number of allylic oxidation sites excluding steroid dienone is 1. The highest BCUT2D eigenvalue weighted by atomic mass is 35.5. The molecule has 1 aliphatic heterocycles. The Bertz CT molecular complexity index is 1400. The summed E-state index contributed by atoms with van der Waals surface area (Å²) in [5, 5.41) is 4.82. The normalized spacial score (nSPS) is 14.4. The SMILES string of the molecule is C=CCCCCOc1c(N2CCN(S(=O)(=O)N(CC=C)C(=O)OC(C)(C)C)CC2)cnn(-c2cccc(Cl)c2)c1=O. The van der Waals surface area contributed by atoms with Gasteiger partial charge < -0.3 is 14.4 Å². The van der Waals surface area contributed by atoms with Crippen molar-refractivity contribution in [1.29, 1.82) is 0 Å². The number of carbonyl (C=O) groups excluding carboxylic acids is 1. The van der Waals surface area contributed by atoms with Gasteiger partial charge in [-0.2, -0.15) is 26.8 Å². The lowest BCUT2D eigenvalue weighted by atomic mass is 10.2. The zero-order valence-corrected chi connectivity index (χ0v) is 25.4. The fraction of sp³-hybridized carbons (Fsp3) is 0.464. The first-order chi connectivity index (χ1) is 19.4. The molecule has 2 heterocycles. The maximum absolute atomic E-state index is 13.6. The molecule has 41 heavy (non-hydrogen) atoms. The van der Waals surface area contributed by atoms with E-state index in [0.717, 1.165) is 19.3 Å². The van der Waals surface area contributed by atoms with Crippen LogP contribution in [0.25, 0.3) is 5.69 Å². The van der Waals surface area contributed by atoms with E-state index in [2.05, 4.69) is 18.3 Å². The first kappa shape index (κ1) is 32.2. The van der Waals surface area contributed by atoms with E-state index in [0.29, 0.717) is 27.3 Å².